The number of rotatable bonds is 6. The summed E-state index contributed by atoms with van der Waals surface area (Å²) in [5.41, 5.74) is 0.537. The van der Waals surface area contributed by atoms with Crippen molar-refractivity contribution >= 4 is 0 Å². The SMILES string of the molecule is CCc1nccn1CCCNC1CCCC(C)(C)C1. The lowest BCUT2D eigenvalue weighted by molar-refractivity contribution is 0.198. The van der Waals surface area contributed by atoms with Crippen LogP contribution >= 0.6 is 0 Å². The second-order valence-electron chi connectivity index (χ2n) is 6.66. The summed E-state index contributed by atoms with van der Waals surface area (Å²) in [5.74, 6) is 1.21. The summed E-state index contributed by atoms with van der Waals surface area (Å²) < 4.78 is 2.28. The Morgan fingerprint density at radius 2 is 2.32 bits per heavy atom. The van der Waals surface area contributed by atoms with Crippen molar-refractivity contribution in [2.24, 2.45) is 5.41 Å². The monoisotopic (exact) mass is 263 g/mol. The fourth-order valence-corrected chi connectivity index (χ4v) is 3.29. The Morgan fingerprint density at radius 3 is 3.05 bits per heavy atom. The Morgan fingerprint density at radius 1 is 1.47 bits per heavy atom. The molecule has 19 heavy (non-hydrogen) atoms. The van der Waals surface area contributed by atoms with Crippen molar-refractivity contribution in [3.8, 4) is 0 Å². The van der Waals surface area contributed by atoms with Crippen molar-refractivity contribution in [2.75, 3.05) is 6.54 Å². The van der Waals surface area contributed by atoms with Crippen LogP contribution in [0.3, 0.4) is 0 Å². The lowest BCUT2D eigenvalue weighted by Crippen LogP contribution is -2.37. The van der Waals surface area contributed by atoms with Crippen molar-refractivity contribution in [1.82, 2.24) is 14.9 Å². The molecule has 2 rings (SSSR count). The molecule has 0 bridgehead atoms. The highest BCUT2D eigenvalue weighted by Gasteiger charge is 2.27. The van der Waals surface area contributed by atoms with E-state index in [0.29, 0.717) is 5.41 Å². The number of aryl methyl sites for hydroxylation is 2. The van der Waals surface area contributed by atoms with E-state index in [1.54, 1.807) is 0 Å². The highest BCUT2D eigenvalue weighted by Crippen LogP contribution is 2.34. The first-order valence-electron chi connectivity index (χ1n) is 7.84. The van der Waals surface area contributed by atoms with Gasteiger partial charge >= 0.3 is 0 Å². The Labute approximate surface area is 117 Å². The van der Waals surface area contributed by atoms with Crippen LogP contribution in [0, 0.1) is 5.41 Å². The van der Waals surface area contributed by atoms with E-state index in [4.69, 9.17) is 0 Å². The number of hydrogen-bond donors (Lipinski definition) is 1. The molecule has 1 heterocycles. The Hall–Kier alpha value is -0.830. The fraction of sp³-hybridized carbons (Fsp3) is 0.812. The smallest absolute Gasteiger partial charge is 0.108 e. The Bertz CT molecular complexity index is 381. The second-order valence-corrected chi connectivity index (χ2v) is 6.66. The maximum Gasteiger partial charge on any atom is 0.108 e. The summed E-state index contributed by atoms with van der Waals surface area (Å²) in [4.78, 5) is 4.36. The maximum absolute atomic E-state index is 4.36. The van der Waals surface area contributed by atoms with Crippen molar-refractivity contribution in [3.05, 3.63) is 18.2 Å². The molecule has 0 saturated heterocycles. The van der Waals surface area contributed by atoms with E-state index in [9.17, 15) is 0 Å². The molecule has 1 aliphatic carbocycles. The van der Waals surface area contributed by atoms with Crippen LogP contribution in [-0.2, 0) is 13.0 Å². The molecule has 0 spiro atoms. The molecule has 3 heteroatoms. The van der Waals surface area contributed by atoms with Crippen LogP contribution in [0.1, 0.15) is 58.7 Å². The van der Waals surface area contributed by atoms with E-state index >= 15 is 0 Å². The first-order chi connectivity index (χ1) is 9.11. The fourth-order valence-electron chi connectivity index (χ4n) is 3.29. The molecule has 1 unspecified atom stereocenters. The molecule has 1 N–H and O–H groups in total. The second kappa shape index (κ2) is 6.56. The lowest BCUT2D eigenvalue weighted by Gasteiger charge is -2.35. The molecule has 0 amide bonds. The molecular weight excluding hydrogens is 234 g/mol. The molecule has 0 radical (unpaired) electrons. The van der Waals surface area contributed by atoms with E-state index in [1.165, 1.54) is 37.9 Å². The largest absolute Gasteiger partial charge is 0.335 e. The zero-order chi connectivity index (χ0) is 13.7. The number of nitrogens with zero attached hydrogens (tertiary/aromatic N) is 2. The van der Waals surface area contributed by atoms with E-state index in [2.05, 4.69) is 41.8 Å². The summed E-state index contributed by atoms with van der Waals surface area (Å²) in [6.45, 7) is 9.19. The van der Waals surface area contributed by atoms with E-state index in [-0.39, 0.29) is 0 Å². The standard InChI is InChI=1S/C16H29N3/c1-4-15-18-10-12-19(15)11-6-9-17-14-7-5-8-16(2,3)13-14/h10,12,14,17H,4-9,11,13H2,1-3H3. The summed E-state index contributed by atoms with van der Waals surface area (Å²) in [7, 11) is 0. The summed E-state index contributed by atoms with van der Waals surface area (Å²) in [5, 5.41) is 3.74. The highest BCUT2D eigenvalue weighted by molar-refractivity contribution is 4.91. The van der Waals surface area contributed by atoms with Crippen LogP contribution < -0.4 is 5.32 Å². The van der Waals surface area contributed by atoms with Gasteiger partial charge in [-0.15, -0.1) is 0 Å². The average Bonchev–Trinajstić information content (AvgIpc) is 2.81. The van der Waals surface area contributed by atoms with Gasteiger partial charge in [-0.05, 0) is 37.6 Å². The topological polar surface area (TPSA) is 29.9 Å². The first-order valence-corrected chi connectivity index (χ1v) is 7.84. The number of aromatic nitrogens is 2. The van der Waals surface area contributed by atoms with E-state index in [1.807, 2.05) is 6.20 Å². The predicted molar refractivity (Wildman–Crippen MR) is 80.3 cm³/mol. The quantitative estimate of drug-likeness (QED) is 0.797. The van der Waals surface area contributed by atoms with Crippen LogP contribution in [0.15, 0.2) is 12.4 Å². The Balaban J connectivity index is 1.67. The third kappa shape index (κ3) is 4.34. The van der Waals surface area contributed by atoms with Gasteiger partial charge in [0, 0.05) is 31.4 Å². The molecule has 1 saturated carbocycles. The van der Waals surface area contributed by atoms with Gasteiger partial charge in [0.15, 0.2) is 0 Å². The molecular formula is C16H29N3. The van der Waals surface area contributed by atoms with Gasteiger partial charge < -0.3 is 9.88 Å². The van der Waals surface area contributed by atoms with Crippen molar-refractivity contribution in [3.63, 3.8) is 0 Å². The lowest BCUT2D eigenvalue weighted by atomic mass is 9.75. The summed E-state index contributed by atoms with van der Waals surface area (Å²) in [6, 6.07) is 0.734. The molecule has 1 atom stereocenters. The average molecular weight is 263 g/mol. The Kier molecular flexibility index (Phi) is 5.03. The van der Waals surface area contributed by atoms with E-state index < -0.39 is 0 Å². The molecule has 1 aliphatic rings. The number of hydrogen-bond acceptors (Lipinski definition) is 2. The zero-order valence-corrected chi connectivity index (χ0v) is 12.8. The van der Waals surface area contributed by atoms with Crippen LogP contribution in [-0.4, -0.2) is 22.1 Å². The third-order valence-corrected chi connectivity index (χ3v) is 4.33. The summed E-state index contributed by atoms with van der Waals surface area (Å²) in [6.07, 6.45) is 11.7. The third-order valence-electron chi connectivity index (χ3n) is 4.33. The van der Waals surface area contributed by atoms with Crippen molar-refractivity contribution in [2.45, 2.75) is 71.9 Å². The van der Waals surface area contributed by atoms with Crippen LogP contribution in [0.5, 0.6) is 0 Å². The van der Waals surface area contributed by atoms with Gasteiger partial charge in [0.25, 0.3) is 0 Å². The van der Waals surface area contributed by atoms with Crippen LogP contribution in [0.25, 0.3) is 0 Å². The molecule has 3 nitrogen and oxygen atoms in total. The molecule has 1 aromatic heterocycles. The van der Waals surface area contributed by atoms with Gasteiger partial charge in [0.2, 0.25) is 0 Å². The summed E-state index contributed by atoms with van der Waals surface area (Å²) >= 11 is 0. The van der Waals surface area contributed by atoms with Gasteiger partial charge in [-0.1, -0.05) is 27.2 Å². The first kappa shape index (κ1) is 14.6. The highest BCUT2D eigenvalue weighted by atomic mass is 15.1. The maximum atomic E-state index is 4.36. The van der Waals surface area contributed by atoms with Crippen molar-refractivity contribution < 1.29 is 0 Å². The van der Waals surface area contributed by atoms with Crippen LogP contribution in [0.4, 0.5) is 0 Å². The minimum absolute atomic E-state index is 0.537. The van der Waals surface area contributed by atoms with Gasteiger partial charge in [-0.25, -0.2) is 4.98 Å². The van der Waals surface area contributed by atoms with Gasteiger partial charge in [-0.3, -0.25) is 0 Å². The van der Waals surface area contributed by atoms with Crippen molar-refractivity contribution in [1.29, 1.82) is 0 Å². The molecule has 1 fully saturated rings. The predicted octanol–water partition coefficient (Wildman–Crippen LogP) is 3.39. The molecule has 1 aromatic rings. The van der Waals surface area contributed by atoms with Gasteiger partial charge in [0.1, 0.15) is 5.82 Å². The molecule has 108 valence electrons. The van der Waals surface area contributed by atoms with Crippen LogP contribution in [0.2, 0.25) is 0 Å². The normalized spacial score (nSPS) is 22.6. The molecule has 0 aromatic carbocycles. The van der Waals surface area contributed by atoms with Gasteiger partial charge in [-0.2, -0.15) is 0 Å². The zero-order valence-electron chi connectivity index (χ0n) is 12.8. The number of nitrogens with one attached hydrogen (secondary N) is 1. The molecule has 0 aliphatic heterocycles. The minimum Gasteiger partial charge on any atom is -0.335 e. The minimum atomic E-state index is 0.537. The number of imidazole rings is 1. The van der Waals surface area contributed by atoms with Gasteiger partial charge in [0.05, 0.1) is 0 Å². The van der Waals surface area contributed by atoms with E-state index in [0.717, 1.165) is 25.6 Å².